The Kier molecular flexibility index (Phi) is 5.26. The fourth-order valence-corrected chi connectivity index (χ4v) is 3.14. The lowest BCUT2D eigenvalue weighted by Gasteiger charge is -2.17. The highest BCUT2D eigenvalue weighted by molar-refractivity contribution is 6.06. The number of aryl methyl sites for hydroxylation is 2. The third-order valence-electron chi connectivity index (χ3n) is 4.75. The number of carbonyl (C=O) groups excluding carboxylic acids is 2. The Morgan fingerprint density at radius 1 is 1.12 bits per heavy atom. The van der Waals surface area contributed by atoms with E-state index in [-0.39, 0.29) is 18.2 Å². The molecule has 5 heteroatoms. The first-order chi connectivity index (χ1) is 12.5. The summed E-state index contributed by atoms with van der Waals surface area (Å²) in [7, 11) is 1.62. The fourth-order valence-electron chi connectivity index (χ4n) is 3.14. The van der Waals surface area contributed by atoms with Gasteiger partial charge in [0.25, 0.3) is 5.91 Å². The second kappa shape index (κ2) is 7.60. The molecular formula is C21H24N2O3. The summed E-state index contributed by atoms with van der Waals surface area (Å²) >= 11 is 0. The summed E-state index contributed by atoms with van der Waals surface area (Å²) in [4.78, 5) is 26.3. The van der Waals surface area contributed by atoms with E-state index in [2.05, 4.69) is 5.32 Å². The van der Waals surface area contributed by atoms with E-state index in [4.69, 9.17) is 4.74 Å². The molecule has 1 aliphatic rings. The van der Waals surface area contributed by atoms with Gasteiger partial charge in [0.05, 0.1) is 13.5 Å². The number of hydrogen-bond donors (Lipinski definition) is 1. The average Bonchev–Trinajstić information content (AvgIpc) is 2.90. The first-order valence-electron chi connectivity index (χ1n) is 8.79. The van der Waals surface area contributed by atoms with Crippen molar-refractivity contribution in [1.29, 1.82) is 0 Å². The van der Waals surface area contributed by atoms with Crippen molar-refractivity contribution in [3.8, 4) is 5.75 Å². The Labute approximate surface area is 154 Å². The molecule has 26 heavy (non-hydrogen) atoms. The van der Waals surface area contributed by atoms with Gasteiger partial charge in [-0.1, -0.05) is 24.3 Å². The van der Waals surface area contributed by atoms with Crippen LogP contribution in [0, 0.1) is 13.8 Å². The number of amides is 2. The Morgan fingerprint density at radius 3 is 2.54 bits per heavy atom. The van der Waals surface area contributed by atoms with Crippen molar-refractivity contribution in [3.63, 3.8) is 0 Å². The number of ether oxygens (including phenoxy) is 1. The van der Waals surface area contributed by atoms with Crippen molar-refractivity contribution in [2.75, 3.05) is 19.0 Å². The molecule has 5 nitrogen and oxygen atoms in total. The maximum absolute atomic E-state index is 12.7. The highest BCUT2D eigenvalue weighted by Crippen LogP contribution is 2.22. The monoisotopic (exact) mass is 352 g/mol. The number of benzene rings is 2. The van der Waals surface area contributed by atoms with E-state index >= 15 is 0 Å². The number of carbonyl (C=O) groups is 2. The zero-order valence-electron chi connectivity index (χ0n) is 15.4. The lowest BCUT2D eigenvalue weighted by Crippen LogP contribution is -2.36. The van der Waals surface area contributed by atoms with Crippen LogP contribution in [0.4, 0.5) is 5.69 Å². The summed E-state index contributed by atoms with van der Waals surface area (Å²) in [5, 5.41) is 3.24. The molecule has 1 atom stereocenters. The molecule has 1 saturated heterocycles. The van der Waals surface area contributed by atoms with Gasteiger partial charge in [0, 0.05) is 12.2 Å². The minimum atomic E-state index is -0.487. The van der Waals surface area contributed by atoms with Gasteiger partial charge in [-0.3, -0.25) is 14.5 Å². The van der Waals surface area contributed by atoms with E-state index in [0.29, 0.717) is 13.0 Å². The second-order valence-corrected chi connectivity index (χ2v) is 6.70. The topological polar surface area (TPSA) is 58.6 Å². The van der Waals surface area contributed by atoms with Crippen LogP contribution in [-0.4, -0.2) is 36.4 Å². The molecule has 0 spiro atoms. The Bertz CT molecular complexity index is 815. The van der Waals surface area contributed by atoms with Crippen LogP contribution in [-0.2, 0) is 16.0 Å². The normalized spacial score (nSPS) is 16.9. The van der Waals surface area contributed by atoms with Crippen molar-refractivity contribution in [2.45, 2.75) is 32.7 Å². The Morgan fingerprint density at radius 2 is 1.85 bits per heavy atom. The Hall–Kier alpha value is -2.82. The molecule has 1 heterocycles. The summed E-state index contributed by atoms with van der Waals surface area (Å²) in [6.45, 7) is 4.40. The zero-order valence-corrected chi connectivity index (χ0v) is 15.4. The van der Waals surface area contributed by atoms with Crippen LogP contribution in [0.3, 0.4) is 0 Å². The number of rotatable bonds is 6. The van der Waals surface area contributed by atoms with Crippen molar-refractivity contribution in [3.05, 3.63) is 59.2 Å². The number of likely N-dealkylation sites (tertiary alicyclic amines) is 1. The van der Waals surface area contributed by atoms with Gasteiger partial charge in [0.1, 0.15) is 11.8 Å². The van der Waals surface area contributed by atoms with Crippen LogP contribution in [0.5, 0.6) is 5.75 Å². The van der Waals surface area contributed by atoms with E-state index in [1.165, 1.54) is 4.90 Å². The van der Waals surface area contributed by atoms with Crippen LogP contribution in [0.2, 0.25) is 0 Å². The largest absolute Gasteiger partial charge is 0.497 e. The number of imide groups is 1. The third kappa shape index (κ3) is 3.87. The molecule has 2 aromatic rings. The highest BCUT2D eigenvalue weighted by Gasteiger charge is 2.38. The van der Waals surface area contributed by atoms with Gasteiger partial charge in [-0.25, -0.2) is 0 Å². The van der Waals surface area contributed by atoms with Crippen molar-refractivity contribution in [2.24, 2.45) is 0 Å². The van der Waals surface area contributed by atoms with E-state index in [1.807, 2.05) is 56.3 Å². The van der Waals surface area contributed by atoms with Gasteiger partial charge in [-0.15, -0.1) is 0 Å². The summed E-state index contributed by atoms with van der Waals surface area (Å²) in [6.07, 6.45) is 0.840. The fraction of sp³-hybridized carbons (Fsp3) is 0.333. The van der Waals surface area contributed by atoms with Crippen LogP contribution in [0.25, 0.3) is 0 Å². The van der Waals surface area contributed by atoms with Crippen molar-refractivity contribution < 1.29 is 14.3 Å². The molecule has 1 aliphatic heterocycles. The number of hydrogen-bond acceptors (Lipinski definition) is 4. The Balaban J connectivity index is 1.63. The minimum Gasteiger partial charge on any atom is -0.497 e. The molecule has 2 aromatic carbocycles. The standard InChI is InChI=1S/C21H24N2O3/c1-14-4-5-15(2)18(12-14)22-19-13-20(24)23(21(19)25)11-10-16-6-8-17(26-3)9-7-16/h4-9,12,19,22H,10-11,13H2,1-3H3/t19-/m0/s1. The molecule has 1 N–H and O–H groups in total. The SMILES string of the molecule is COc1ccc(CCN2C(=O)C[C@H](Nc3cc(C)ccc3C)C2=O)cc1. The number of methoxy groups -OCH3 is 1. The molecule has 136 valence electrons. The molecule has 0 radical (unpaired) electrons. The number of nitrogens with one attached hydrogen (secondary N) is 1. The minimum absolute atomic E-state index is 0.119. The van der Waals surface area contributed by atoms with Crippen molar-refractivity contribution >= 4 is 17.5 Å². The molecule has 0 bridgehead atoms. The maximum Gasteiger partial charge on any atom is 0.252 e. The molecule has 1 fully saturated rings. The van der Waals surface area contributed by atoms with Gasteiger partial charge in [-0.2, -0.15) is 0 Å². The third-order valence-corrected chi connectivity index (χ3v) is 4.75. The van der Waals surface area contributed by atoms with E-state index in [9.17, 15) is 9.59 Å². The lowest BCUT2D eigenvalue weighted by atomic mass is 10.1. The molecule has 3 rings (SSSR count). The van der Waals surface area contributed by atoms with Gasteiger partial charge in [-0.05, 0) is 55.2 Å². The quantitative estimate of drug-likeness (QED) is 0.812. The predicted octanol–water partition coefficient (Wildman–Crippen LogP) is 3.09. The average molecular weight is 352 g/mol. The zero-order chi connectivity index (χ0) is 18.7. The first kappa shape index (κ1) is 18.0. The number of anilines is 1. The summed E-state index contributed by atoms with van der Waals surface area (Å²) in [5.74, 6) is 0.524. The van der Waals surface area contributed by atoms with E-state index in [0.717, 1.165) is 28.1 Å². The van der Waals surface area contributed by atoms with Gasteiger partial charge >= 0.3 is 0 Å². The smallest absolute Gasteiger partial charge is 0.252 e. The first-order valence-corrected chi connectivity index (χ1v) is 8.79. The number of nitrogens with zero attached hydrogens (tertiary/aromatic N) is 1. The molecular weight excluding hydrogens is 328 g/mol. The second-order valence-electron chi connectivity index (χ2n) is 6.70. The lowest BCUT2D eigenvalue weighted by molar-refractivity contribution is -0.138. The molecule has 2 amide bonds. The molecule has 0 aliphatic carbocycles. The van der Waals surface area contributed by atoms with Gasteiger partial charge < -0.3 is 10.1 Å². The van der Waals surface area contributed by atoms with Crippen LogP contribution < -0.4 is 10.1 Å². The van der Waals surface area contributed by atoms with Crippen LogP contribution in [0.1, 0.15) is 23.1 Å². The van der Waals surface area contributed by atoms with E-state index < -0.39 is 6.04 Å². The van der Waals surface area contributed by atoms with Crippen LogP contribution >= 0.6 is 0 Å². The molecule has 0 unspecified atom stereocenters. The van der Waals surface area contributed by atoms with E-state index in [1.54, 1.807) is 7.11 Å². The predicted molar refractivity (Wildman–Crippen MR) is 101 cm³/mol. The van der Waals surface area contributed by atoms with Gasteiger partial charge in [0.15, 0.2) is 0 Å². The summed E-state index contributed by atoms with van der Waals surface area (Å²) in [5.41, 5.74) is 4.16. The van der Waals surface area contributed by atoms with Crippen LogP contribution in [0.15, 0.2) is 42.5 Å². The summed E-state index contributed by atoms with van der Waals surface area (Å²) < 4.78 is 5.14. The highest BCUT2D eigenvalue weighted by atomic mass is 16.5. The van der Waals surface area contributed by atoms with Crippen molar-refractivity contribution in [1.82, 2.24) is 4.90 Å². The summed E-state index contributed by atoms with van der Waals surface area (Å²) in [6, 6.07) is 13.2. The maximum atomic E-state index is 12.7. The molecule has 0 saturated carbocycles. The molecule has 0 aromatic heterocycles. The van der Waals surface area contributed by atoms with Gasteiger partial charge in [0.2, 0.25) is 5.91 Å².